The van der Waals surface area contributed by atoms with Crippen LogP contribution in [0.3, 0.4) is 0 Å². The molecule has 0 heterocycles. The van der Waals surface area contributed by atoms with Gasteiger partial charge in [0.15, 0.2) is 0 Å². The lowest BCUT2D eigenvalue weighted by molar-refractivity contribution is 0.549. The Kier molecular flexibility index (Phi) is 2.88. The molecule has 0 saturated heterocycles. The first kappa shape index (κ1) is 10.1. The van der Waals surface area contributed by atoms with Crippen LogP contribution < -0.4 is 5.73 Å². The molecular formula is C11H13BrFN. The Morgan fingerprint density at radius 3 is 2.79 bits per heavy atom. The van der Waals surface area contributed by atoms with Gasteiger partial charge in [0, 0.05) is 16.4 Å². The third-order valence-corrected chi connectivity index (χ3v) is 3.42. The third kappa shape index (κ3) is 1.84. The molecule has 14 heavy (non-hydrogen) atoms. The molecule has 0 aliphatic heterocycles. The van der Waals surface area contributed by atoms with Gasteiger partial charge in [0.1, 0.15) is 5.82 Å². The summed E-state index contributed by atoms with van der Waals surface area (Å²) >= 11 is 3.36. The standard InChI is InChI=1S/C11H13BrFN/c12-7-4-5-10(13)9(6-7)8-2-1-3-11(8)14/h4-6,8,11H,1-3,14H2. The van der Waals surface area contributed by atoms with Crippen molar-refractivity contribution in [3.8, 4) is 0 Å². The zero-order valence-corrected chi connectivity index (χ0v) is 9.43. The average Bonchev–Trinajstić information content (AvgIpc) is 2.56. The van der Waals surface area contributed by atoms with Gasteiger partial charge in [0.05, 0.1) is 0 Å². The van der Waals surface area contributed by atoms with Gasteiger partial charge < -0.3 is 5.73 Å². The van der Waals surface area contributed by atoms with Gasteiger partial charge in [-0.1, -0.05) is 22.4 Å². The van der Waals surface area contributed by atoms with Crippen LogP contribution in [-0.2, 0) is 0 Å². The number of rotatable bonds is 1. The fourth-order valence-corrected chi connectivity index (χ4v) is 2.55. The molecule has 2 rings (SSSR count). The first-order chi connectivity index (χ1) is 6.68. The van der Waals surface area contributed by atoms with E-state index in [4.69, 9.17) is 5.73 Å². The molecule has 1 aromatic rings. The lowest BCUT2D eigenvalue weighted by Crippen LogP contribution is -2.23. The van der Waals surface area contributed by atoms with Crippen molar-refractivity contribution in [2.24, 2.45) is 5.73 Å². The Labute approximate surface area is 91.6 Å². The molecule has 2 unspecified atom stereocenters. The minimum absolute atomic E-state index is 0.124. The first-order valence-corrected chi connectivity index (χ1v) is 5.68. The molecule has 1 saturated carbocycles. The molecular weight excluding hydrogens is 245 g/mol. The summed E-state index contributed by atoms with van der Waals surface area (Å²) in [6, 6.07) is 5.20. The van der Waals surface area contributed by atoms with Crippen LogP contribution in [0.5, 0.6) is 0 Å². The Morgan fingerprint density at radius 1 is 1.36 bits per heavy atom. The summed E-state index contributed by atoms with van der Waals surface area (Å²) in [5.74, 6) is 0.0723. The van der Waals surface area contributed by atoms with E-state index in [1.807, 2.05) is 6.07 Å². The van der Waals surface area contributed by atoms with Crippen molar-refractivity contribution in [3.63, 3.8) is 0 Å². The maximum atomic E-state index is 13.5. The number of benzene rings is 1. The van der Waals surface area contributed by atoms with Gasteiger partial charge in [-0.25, -0.2) is 4.39 Å². The summed E-state index contributed by atoms with van der Waals surface area (Å²) in [7, 11) is 0. The molecule has 1 fully saturated rings. The maximum absolute atomic E-state index is 13.5. The second-order valence-electron chi connectivity index (χ2n) is 3.87. The summed E-state index contributed by atoms with van der Waals surface area (Å²) in [6.45, 7) is 0. The monoisotopic (exact) mass is 257 g/mol. The fourth-order valence-electron chi connectivity index (χ4n) is 2.17. The molecule has 1 aliphatic carbocycles. The van der Waals surface area contributed by atoms with E-state index in [2.05, 4.69) is 15.9 Å². The maximum Gasteiger partial charge on any atom is 0.126 e. The largest absolute Gasteiger partial charge is 0.327 e. The topological polar surface area (TPSA) is 26.0 Å². The van der Waals surface area contributed by atoms with E-state index in [1.54, 1.807) is 6.07 Å². The van der Waals surface area contributed by atoms with Crippen molar-refractivity contribution in [1.82, 2.24) is 0 Å². The highest BCUT2D eigenvalue weighted by Gasteiger charge is 2.27. The third-order valence-electron chi connectivity index (χ3n) is 2.93. The number of halogens is 2. The smallest absolute Gasteiger partial charge is 0.126 e. The molecule has 0 amide bonds. The minimum atomic E-state index is -0.129. The molecule has 3 heteroatoms. The minimum Gasteiger partial charge on any atom is -0.327 e. The van der Waals surface area contributed by atoms with Gasteiger partial charge in [-0.15, -0.1) is 0 Å². The van der Waals surface area contributed by atoms with Crippen molar-refractivity contribution in [2.75, 3.05) is 0 Å². The van der Waals surface area contributed by atoms with Gasteiger partial charge in [0.25, 0.3) is 0 Å². The zero-order chi connectivity index (χ0) is 10.1. The predicted molar refractivity (Wildman–Crippen MR) is 58.7 cm³/mol. The number of hydrogen-bond donors (Lipinski definition) is 1. The molecule has 0 aromatic heterocycles. The van der Waals surface area contributed by atoms with Crippen LogP contribution in [0, 0.1) is 5.82 Å². The molecule has 2 atom stereocenters. The molecule has 0 bridgehead atoms. The van der Waals surface area contributed by atoms with Crippen LogP contribution in [0.25, 0.3) is 0 Å². The van der Waals surface area contributed by atoms with E-state index < -0.39 is 0 Å². The second-order valence-corrected chi connectivity index (χ2v) is 4.78. The summed E-state index contributed by atoms with van der Waals surface area (Å²) in [5, 5.41) is 0. The normalized spacial score (nSPS) is 26.8. The highest BCUT2D eigenvalue weighted by Crippen LogP contribution is 2.35. The quantitative estimate of drug-likeness (QED) is 0.822. The van der Waals surface area contributed by atoms with Crippen molar-refractivity contribution < 1.29 is 4.39 Å². The summed E-state index contributed by atoms with van der Waals surface area (Å²) in [5.41, 5.74) is 6.72. The van der Waals surface area contributed by atoms with Gasteiger partial charge in [0.2, 0.25) is 0 Å². The van der Waals surface area contributed by atoms with Crippen LogP contribution in [0.15, 0.2) is 22.7 Å². The average molecular weight is 258 g/mol. The van der Waals surface area contributed by atoms with Crippen LogP contribution in [0.4, 0.5) is 4.39 Å². The molecule has 2 N–H and O–H groups in total. The Balaban J connectivity index is 2.34. The van der Waals surface area contributed by atoms with E-state index in [0.717, 1.165) is 29.3 Å². The molecule has 1 aliphatic rings. The SMILES string of the molecule is NC1CCCC1c1cc(Br)ccc1F. The van der Waals surface area contributed by atoms with Crippen molar-refractivity contribution in [3.05, 3.63) is 34.1 Å². The van der Waals surface area contributed by atoms with E-state index in [1.165, 1.54) is 6.07 Å². The first-order valence-electron chi connectivity index (χ1n) is 4.89. The highest BCUT2D eigenvalue weighted by molar-refractivity contribution is 9.10. The molecule has 0 spiro atoms. The van der Waals surface area contributed by atoms with Crippen LogP contribution in [0.2, 0.25) is 0 Å². The van der Waals surface area contributed by atoms with E-state index in [-0.39, 0.29) is 17.8 Å². The number of nitrogens with two attached hydrogens (primary N) is 1. The lowest BCUT2D eigenvalue weighted by atomic mass is 9.94. The Bertz CT molecular complexity index is 340. The highest BCUT2D eigenvalue weighted by atomic mass is 79.9. The summed E-state index contributed by atoms with van der Waals surface area (Å²) < 4.78 is 14.4. The van der Waals surface area contributed by atoms with Crippen molar-refractivity contribution >= 4 is 15.9 Å². The molecule has 0 radical (unpaired) electrons. The summed E-state index contributed by atoms with van der Waals surface area (Å²) in [4.78, 5) is 0. The van der Waals surface area contributed by atoms with Crippen molar-refractivity contribution in [1.29, 1.82) is 0 Å². The molecule has 1 aromatic carbocycles. The van der Waals surface area contributed by atoms with Crippen LogP contribution >= 0.6 is 15.9 Å². The molecule has 76 valence electrons. The van der Waals surface area contributed by atoms with E-state index >= 15 is 0 Å². The van der Waals surface area contributed by atoms with Crippen molar-refractivity contribution in [2.45, 2.75) is 31.2 Å². The van der Waals surface area contributed by atoms with Crippen LogP contribution in [0.1, 0.15) is 30.7 Å². The summed E-state index contributed by atoms with van der Waals surface area (Å²) in [6.07, 6.45) is 3.13. The van der Waals surface area contributed by atoms with E-state index in [9.17, 15) is 4.39 Å². The number of hydrogen-bond acceptors (Lipinski definition) is 1. The zero-order valence-electron chi connectivity index (χ0n) is 7.84. The lowest BCUT2D eigenvalue weighted by Gasteiger charge is -2.16. The molecule has 1 nitrogen and oxygen atoms in total. The van der Waals surface area contributed by atoms with Gasteiger partial charge in [-0.2, -0.15) is 0 Å². The second kappa shape index (κ2) is 3.99. The predicted octanol–water partition coefficient (Wildman–Crippen LogP) is 3.18. The van der Waals surface area contributed by atoms with Crippen LogP contribution in [-0.4, -0.2) is 6.04 Å². The van der Waals surface area contributed by atoms with Gasteiger partial charge in [-0.3, -0.25) is 0 Å². The Hall–Kier alpha value is -0.410. The van der Waals surface area contributed by atoms with Gasteiger partial charge in [-0.05, 0) is 36.6 Å². The van der Waals surface area contributed by atoms with E-state index in [0.29, 0.717) is 0 Å². The van der Waals surface area contributed by atoms with Gasteiger partial charge >= 0.3 is 0 Å². The Morgan fingerprint density at radius 2 is 2.14 bits per heavy atom. The fraction of sp³-hybridized carbons (Fsp3) is 0.455.